The molecule has 2 aliphatic heterocycles. The molecule has 2 unspecified atom stereocenters. The van der Waals surface area contributed by atoms with Crippen molar-refractivity contribution in [3.8, 4) is 0 Å². The number of cyclic esters (lactones) is 1. The Morgan fingerprint density at radius 1 is 0.940 bits per heavy atom. The van der Waals surface area contributed by atoms with Gasteiger partial charge in [-0.25, -0.2) is 18.0 Å². The molecule has 0 spiro atoms. The second-order valence-corrected chi connectivity index (χ2v) is 17.9. The van der Waals surface area contributed by atoms with Gasteiger partial charge < -0.3 is 30.3 Å². The van der Waals surface area contributed by atoms with Crippen molar-refractivity contribution in [3.05, 3.63) is 12.7 Å². The molecular weight excluding hydrogens is 666 g/mol. The minimum Gasteiger partial charge on any atom is -0.450 e. The number of ether oxygens (including phenoxy) is 2. The smallest absolute Gasteiger partial charge is 0.407 e. The fourth-order valence-electron chi connectivity index (χ4n) is 7.63. The zero-order valence-electron chi connectivity index (χ0n) is 29.7. The summed E-state index contributed by atoms with van der Waals surface area (Å²) in [6.45, 7) is 9.26. The monoisotopic (exact) mass is 721 g/mol. The van der Waals surface area contributed by atoms with Crippen LogP contribution in [0.15, 0.2) is 12.7 Å². The zero-order valence-corrected chi connectivity index (χ0v) is 30.5. The fourth-order valence-corrected chi connectivity index (χ4v) is 8.99. The highest BCUT2D eigenvalue weighted by atomic mass is 32.2. The SMILES string of the molecule is C=C[C@H]1C[C@]1(NC(=O)[C@@H]1C[C@@H]2CN1C(=O)[C@H](C(C)(C)C)NC(=O)OCCCCCCCC1CCCCC1OC(=O)N2)C(=O)NS(=O)(=O)C1CC1. The largest absolute Gasteiger partial charge is 0.450 e. The highest BCUT2D eigenvalue weighted by Crippen LogP contribution is 2.45. The van der Waals surface area contributed by atoms with Crippen molar-refractivity contribution in [2.24, 2.45) is 17.3 Å². The van der Waals surface area contributed by atoms with Gasteiger partial charge in [0.2, 0.25) is 21.8 Å². The van der Waals surface area contributed by atoms with Gasteiger partial charge in [0.05, 0.1) is 17.9 Å². The summed E-state index contributed by atoms with van der Waals surface area (Å²) in [4.78, 5) is 69.3. The standard InChI is InChI=1S/C35H55N5O9S/c1-5-23-20-35(23,31(43)39-50(46,47)25-16-17-25)38-29(41)26-19-24-21-40(26)30(42)28(34(2,3)4)37-32(44)48-18-12-8-6-7-9-13-22-14-10-11-15-27(22)49-33(45)36-24/h5,22-28H,1,6-21H2,2-4H3,(H,36,45)(H,37,44)(H,38,41)(H,39,43)/t22?,23-,24+,26-,27?,28+,35+/m0/s1. The lowest BCUT2D eigenvalue weighted by atomic mass is 9.83. The number of amides is 5. The molecule has 2 heterocycles. The molecule has 280 valence electrons. The Labute approximate surface area is 295 Å². The van der Waals surface area contributed by atoms with Crippen molar-refractivity contribution in [2.75, 3.05) is 13.2 Å². The maximum absolute atomic E-state index is 14.3. The Kier molecular flexibility index (Phi) is 11.7. The Morgan fingerprint density at radius 2 is 1.60 bits per heavy atom. The normalized spacial score (nSPS) is 33.3. The highest BCUT2D eigenvalue weighted by Gasteiger charge is 2.62. The van der Waals surface area contributed by atoms with Crippen LogP contribution in [0.1, 0.15) is 111 Å². The molecule has 5 amide bonds. The third-order valence-corrected chi connectivity index (χ3v) is 12.7. The van der Waals surface area contributed by atoms with Crippen molar-refractivity contribution >= 4 is 39.9 Å². The molecule has 14 nitrogen and oxygen atoms in total. The number of hydrogen-bond acceptors (Lipinski definition) is 9. The van der Waals surface area contributed by atoms with Crippen LogP contribution in [0.3, 0.4) is 0 Å². The summed E-state index contributed by atoms with van der Waals surface area (Å²) in [6.07, 6.45) is 10.5. The number of fused-ring (bicyclic) bond motifs is 3. The molecule has 0 aromatic heterocycles. The Balaban J connectivity index is 1.38. The van der Waals surface area contributed by atoms with Crippen LogP contribution in [-0.2, 0) is 33.9 Å². The molecule has 2 saturated heterocycles. The van der Waals surface area contributed by atoms with Crippen LogP contribution in [0.4, 0.5) is 9.59 Å². The van der Waals surface area contributed by atoms with Crippen molar-refractivity contribution < 1.29 is 41.9 Å². The lowest BCUT2D eigenvalue weighted by molar-refractivity contribution is -0.142. The van der Waals surface area contributed by atoms with Gasteiger partial charge in [-0.1, -0.05) is 59.0 Å². The average molecular weight is 722 g/mol. The lowest BCUT2D eigenvalue weighted by Gasteiger charge is -2.35. The Morgan fingerprint density at radius 3 is 2.26 bits per heavy atom. The summed E-state index contributed by atoms with van der Waals surface area (Å²) in [7, 11) is -3.89. The number of nitrogens with zero attached hydrogens (tertiary/aromatic N) is 1. The van der Waals surface area contributed by atoms with Crippen LogP contribution in [0, 0.1) is 17.3 Å². The molecule has 50 heavy (non-hydrogen) atoms. The van der Waals surface area contributed by atoms with E-state index in [1.54, 1.807) is 20.8 Å². The van der Waals surface area contributed by atoms with E-state index in [-0.39, 0.29) is 38.0 Å². The molecule has 5 fully saturated rings. The summed E-state index contributed by atoms with van der Waals surface area (Å²) in [5.41, 5.74) is -2.34. The van der Waals surface area contributed by atoms with Crippen LogP contribution >= 0.6 is 0 Å². The molecule has 0 aromatic rings. The van der Waals surface area contributed by atoms with Gasteiger partial charge in [0.15, 0.2) is 0 Å². The second-order valence-electron chi connectivity index (χ2n) is 15.9. The van der Waals surface area contributed by atoms with E-state index in [4.69, 9.17) is 9.47 Å². The molecule has 7 atom stereocenters. The molecule has 3 aliphatic carbocycles. The molecule has 0 radical (unpaired) electrons. The van der Waals surface area contributed by atoms with E-state index in [0.29, 0.717) is 19.3 Å². The van der Waals surface area contributed by atoms with Gasteiger partial charge in [-0.05, 0) is 69.1 Å². The second kappa shape index (κ2) is 15.5. The Bertz CT molecular complexity index is 1430. The number of nitrogens with one attached hydrogen (secondary N) is 4. The molecule has 5 aliphatic rings. The summed E-state index contributed by atoms with van der Waals surface area (Å²) < 4.78 is 38.8. The van der Waals surface area contributed by atoms with Crippen molar-refractivity contribution in [3.63, 3.8) is 0 Å². The van der Waals surface area contributed by atoms with E-state index in [1.807, 2.05) is 0 Å². The minimum atomic E-state index is -3.89. The fraction of sp³-hybridized carbons (Fsp3) is 0.800. The predicted molar refractivity (Wildman–Crippen MR) is 184 cm³/mol. The van der Waals surface area contributed by atoms with Gasteiger partial charge in [0.1, 0.15) is 23.7 Å². The number of hydrogen-bond donors (Lipinski definition) is 4. The highest BCUT2D eigenvalue weighted by molar-refractivity contribution is 7.91. The lowest BCUT2D eigenvalue weighted by Crippen LogP contribution is -2.60. The molecule has 4 N–H and O–H groups in total. The first-order chi connectivity index (χ1) is 23.6. The van der Waals surface area contributed by atoms with E-state index in [2.05, 4.69) is 27.3 Å². The summed E-state index contributed by atoms with van der Waals surface area (Å²) >= 11 is 0. The summed E-state index contributed by atoms with van der Waals surface area (Å²) in [5, 5.41) is 7.71. The van der Waals surface area contributed by atoms with Crippen molar-refractivity contribution in [2.45, 2.75) is 146 Å². The first-order valence-electron chi connectivity index (χ1n) is 18.4. The van der Waals surface area contributed by atoms with Gasteiger partial charge in [-0.3, -0.25) is 19.1 Å². The number of sulfonamides is 1. The molecular formula is C35H55N5O9S. The Hall–Kier alpha value is -3.36. The first kappa shape index (κ1) is 37.9. The van der Waals surface area contributed by atoms with Crippen LogP contribution < -0.4 is 20.7 Å². The van der Waals surface area contributed by atoms with E-state index in [1.165, 1.54) is 11.0 Å². The summed E-state index contributed by atoms with van der Waals surface area (Å²) in [6, 6.07) is -2.91. The number of alkyl carbamates (subject to hydrolysis) is 2. The van der Waals surface area contributed by atoms with Gasteiger partial charge in [-0.15, -0.1) is 6.58 Å². The van der Waals surface area contributed by atoms with Crippen LogP contribution in [0.5, 0.6) is 0 Å². The van der Waals surface area contributed by atoms with E-state index >= 15 is 0 Å². The first-order valence-corrected chi connectivity index (χ1v) is 19.9. The average Bonchev–Trinajstić information content (AvgIpc) is 3.97. The maximum Gasteiger partial charge on any atom is 0.407 e. The molecule has 5 rings (SSSR count). The van der Waals surface area contributed by atoms with Crippen molar-refractivity contribution in [1.82, 2.24) is 25.6 Å². The zero-order chi connectivity index (χ0) is 36.3. The molecule has 3 saturated carbocycles. The van der Waals surface area contributed by atoms with Gasteiger partial charge in [0.25, 0.3) is 5.91 Å². The quantitative estimate of drug-likeness (QED) is 0.298. The van der Waals surface area contributed by atoms with Crippen LogP contribution in [-0.4, -0.2) is 91.4 Å². The van der Waals surface area contributed by atoms with Gasteiger partial charge in [0, 0.05) is 12.5 Å². The summed E-state index contributed by atoms with van der Waals surface area (Å²) in [5.74, 6) is -2.34. The van der Waals surface area contributed by atoms with Gasteiger partial charge in [-0.2, -0.15) is 0 Å². The number of carbonyl (C=O) groups excluding carboxylic acids is 5. The molecule has 15 heteroatoms. The predicted octanol–water partition coefficient (Wildman–Crippen LogP) is 3.41. The van der Waals surface area contributed by atoms with Gasteiger partial charge >= 0.3 is 12.2 Å². The number of rotatable bonds is 6. The third kappa shape index (κ3) is 9.10. The molecule has 2 bridgehead atoms. The van der Waals surface area contributed by atoms with Crippen LogP contribution in [0.25, 0.3) is 0 Å². The van der Waals surface area contributed by atoms with Crippen LogP contribution in [0.2, 0.25) is 0 Å². The third-order valence-electron chi connectivity index (χ3n) is 10.9. The minimum absolute atomic E-state index is 0.0128. The number of carbonyl (C=O) groups is 5. The van der Waals surface area contributed by atoms with E-state index < -0.39 is 80.2 Å². The van der Waals surface area contributed by atoms with Crippen molar-refractivity contribution in [1.29, 1.82) is 0 Å². The topological polar surface area (TPSA) is 189 Å². The molecule has 0 aromatic carbocycles. The van der Waals surface area contributed by atoms with E-state index in [9.17, 15) is 32.4 Å². The van der Waals surface area contributed by atoms with E-state index in [0.717, 1.165) is 57.8 Å². The maximum atomic E-state index is 14.3.